The number of nitrogens with one attached hydrogen (secondary N) is 3. The molecule has 2 aromatic rings. The number of nitrogens with two attached hydrogens (primary N) is 1. The maximum Gasteiger partial charge on any atom is 0.245 e. The number of benzene rings is 2. The van der Waals surface area contributed by atoms with E-state index >= 15 is 0 Å². The molecule has 0 heterocycles. The molecule has 1 unspecified atom stereocenters. The minimum Gasteiger partial charge on any atom is -0.390 e. The van der Waals surface area contributed by atoms with Crippen LogP contribution < -0.4 is 21.7 Å². The SMILES string of the molecule is CC(C)(Cl)CC(=O)NC(C)(C)C(=O)N[C@H](Cc1ccc2ccccc2c1)C(=O)NCC(O)CN. The molecule has 0 aromatic heterocycles. The number of alkyl halides is 1. The van der Waals surface area contributed by atoms with Crippen LogP contribution in [0, 0.1) is 0 Å². The highest BCUT2D eigenvalue weighted by molar-refractivity contribution is 6.24. The second kappa shape index (κ2) is 11.6. The van der Waals surface area contributed by atoms with Crippen molar-refractivity contribution in [3.8, 4) is 0 Å². The lowest BCUT2D eigenvalue weighted by atomic mass is 9.98. The van der Waals surface area contributed by atoms with Gasteiger partial charge in [0.15, 0.2) is 0 Å². The smallest absolute Gasteiger partial charge is 0.245 e. The Hall–Kier alpha value is -2.68. The molecule has 0 saturated carbocycles. The highest BCUT2D eigenvalue weighted by Gasteiger charge is 2.34. The number of aliphatic hydroxyl groups is 1. The van der Waals surface area contributed by atoms with Crippen LogP contribution in [0.1, 0.15) is 39.7 Å². The second-order valence-corrected chi connectivity index (χ2v) is 10.6. The van der Waals surface area contributed by atoms with Gasteiger partial charge in [0.25, 0.3) is 0 Å². The maximum absolute atomic E-state index is 13.1. The average molecular weight is 491 g/mol. The normalized spacial score (nSPS) is 13.7. The number of fused-ring (bicyclic) bond motifs is 1. The number of rotatable bonds is 11. The van der Waals surface area contributed by atoms with Crippen LogP contribution in [0.5, 0.6) is 0 Å². The van der Waals surface area contributed by atoms with Gasteiger partial charge in [-0.15, -0.1) is 11.6 Å². The van der Waals surface area contributed by atoms with Gasteiger partial charge in [-0.25, -0.2) is 0 Å². The number of carbonyl (C=O) groups excluding carboxylic acids is 3. The van der Waals surface area contributed by atoms with Crippen LogP contribution in [-0.2, 0) is 20.8 Å². The van der Waals surface area contributed by atoms with E-state index in [4.69, 9.17) is 17.3 Å². The molecule has 8 nitrogen and oxygen atoms in total. The van der Waals surface area contributed by atoms with E-state index in [9.17, 15) is 19.5 Å². The van der Waals surface area contributed by atoms with Crippen molar-refractivity contribution in [3.63, 3.8) is 0 Å². The Bertz CT molecular complexity index is 1020. The predicted octanol–water partition coefficient (Wildman–Crippen LogP) is 1.61. The summed E-state index contributed by atoms with van der Waals surface area (Å²) in [6, 6.07) is 12.7. The molecule has 0 aliphatic carbocycles. The first-order chi connectivity index (χ1) is 15.8. The number of carbonyl (C=O) groups is 3. The lowest BCUT2D eigenvalue weighted by Gasteiger charge is -2.29. The monoisotopic (exact) mass is 490 g/mol. The van der Waals surface area contributed by atoms with Crippen LogP contribution in [0.3, 0.4) is 0 Å². The number of hydrogen-bond donors (Lipinski definition) is 5. The summed E-state index contributed by atoms with van der Waals surface area (Å²) in [5, 5.41) is 19.9. The Morgan fingerprint density at radius 2 is 1.71 bits per heavy atom. The first kappa shape index (κ1) is 27.6. The van der Waals surface area contributed by atoms with Crippen molar-refractivity contribution in [3.05, 3.63) is 48.0 Å². The summed E-state index contributed by atoms with van der Waals surface area (Å²) in [7, 11) is 0. The Balaban J connectivity index is 2.19. The molecule has 0 aliphatic heterocycles. The summed E-state index contributed by atoms with van der Waals surface area (Å²) in [5.74, 6) is -1.35. The Morgan fingerprint density at radius 1 is 1.06 bits per heavy atom. The molecular weight excluding hydrogens is 456 g/mol. The summed E-state index contributed by atoms with van der Waals surface area (Å²) in [6.45, 7) is 6.50. The molecular formula is C25H35ClN4O4. The second-order valence-electron chi connectivity index (χ2n) is 9.62. The molecule has 2 atom stereocenters. The number of aliphatic hydroxyl groups excluding tert-OH is 1. The van der Waals surface area contributed by atoms with Gasteiger partial charge in [0.05, 0.1) is 6.10 Å². The molecule has 0 aliphatic rings. The van der Waals surface area contributed by atoms with E-state index in [1.807, 2.05) is 42.5 Å². The van der Waals surface area contributed by atoms with Crippen LogP contribution in [0.25, 0.3) is 10.8 Å². The lowest BCUT2D eigenvalue weighted by Crippen LogP contribution is -2.60. The van der Waals surface area contributed by atoms with E-state index in [-0.39, 0.29) is 31.8 Å². The first-order valence-corrected chi connectivity index (χ1v) is 11.6. The standard InChI is InChI=1S/C25H35ClN4O4/c1-24(2,26)13-21(32)30-25(3,4)23(34)29-20(22(33)28-15-19(31)14-27)12-16-9-10-17-7-5-6-8-18(17)11-16/h5-11,19-20,31H,12-15,27H2,1-4H3,(H,28,33)(H,29,34)(H,30,32)/t19?,20-/m1/s1. The minimum atomic E-state index is -1.28. The molecule has 0 spiro atoms. The lowest BCUT2D eigenvalue weighted by molar-refractivity contribution is -0.135. The third kappa shape index (κ3) is 8.59. The topological polar surface area (TPSA) is 134 Å². The number of hydrogen-bond acceptors (Lipinski definition) is 5. The van der Waals surface area contributed by atoms with Gasteiger partial charge in [-0.3, -0.25) is 14.4 Å². The highest BCUT2D eigenvalue weighted by Crippen LogP contribution is 2.19. The summed E-state index contributed by atoms with van der Waals surface area (Å²) >= 11 is 6.12. The van der Waals surface area contributed by atoms with Gasteiger partial charge in [0.2, 0.25) is 17.7 Å². The van der Waals surface area contributed by atoms with E-state index in [2.05, 4.69) is 16.0 Å². The fourth-order valence-corrected chi connectivity index (χ4v) is 3.53. The molecule has 0 bridgehead atoms. The van der Waals surface area contributed by atoms with Crippen LogP contribution in [-0.4, -0.2) is 58.5 Å². The van der Waals surface area contributed by atoms with Gasteiger partial charge in [0.1, 0.15) is 11.6 Å². The fourth-order valence-electron chi connectivity index (χ4n) is 3.41. The Labute approximate surface area is 205 Å². The van der Waals surface area contributed by atoms with E-state index < -0.39 is 34.4 Å². The zero-order valence-corrected chi connectivity index (χ0v) is 20.9. The quantitative estimate of drug-likeness (QED) is 0.305. The molecule has 6 N–H and O–H groups in total. The summed E-state index contributed by atoms with van der Waals surface area (Å²) < 4.78 is 0. The van der Waals surface area contributed by atoms with Crippen LogP contribution in [0.2, 0.25) is 0 Å². The minimum absolute atomic E-state index is 0.00202. The Morgan fingerprint density at radius 3 is 2.32 bits per heavy atom. The van der Waals surface area contributed by atoms with Crippen LogP contribution >= 0.6 is 11.6 Å². The molecule has 9 heteroatoms. The predicted molar refractivity (Wildman–Crippen MR) is 134 cm³/mol. The van der Waals surface area contributed by atoms with Crippen LogP contribution in [0.4, 0.5) is 0 Å². The summed E-state index contributed by atoms with van der Waals surface area (Å²) in [4.78, 5) is 37.6. The zero-order valence-electron chi connectivity index (χ0n) is 20.2. The average Bonchev–Trinajstić information content (AvgIpc) is 2.74. The van der Waals surface area contributed by atoms with Crippen molar-refractivity contribution in [1.82, 2.24) is 16.0 Å². The van der Waals surface area contributed by atoms with Crippen molar-refractivity contribution in [2.24, 2.45) is 5.73 Å². The number of halogens is 1. The van der Waals surface area contributed by atoms with Gasteiger partial charge in [-0.2, -0.15) is 0 Å². The van der Waals surface area contributed by atoms with E-state index in [1.54, 1.807) is 27.7 Å². The molecule has 3 amide bonds. The molecule has 34 heavy (non-hydrogen) atoms. The number of amides is 3. The van der Waals surface area contributed by atoms with Crippen molar-refractivity contribution in [2.75, 3.05) is 13.1 Å². The van der Waals surface area contributed by atoms with Gasteiger partial charge < -0.3 is 26.8 Å². The molecule has 186 valence electrons. The van der Waals surface area contributed by atoms with Crippen molar-refractivity contribution in [1.29, 1.82) is 0 Å². The van der Waals surface area contributed by atoms with E-state index in [0.717, 1.165) is 16.3 Å². The summed E-state index contributed by atoms with van der Waals surface area (Å²) in [5.41, 5.74) is 4.99. The van der Waals surface area contributed by atoms with Crippen molar-refractivity contribution < 1.29 is 19.5 Å². The van der Waals surface area contributed by atoms with E-state index in [1.165, 1.54) is 0 Å². The van der Waals surface area contributed by atoms with Gasteiger partial charge in [0, 0.05) is 30.8 Å². The Kier molecular flexibility index (Phi) is 9.44. The zero-order chi connectivity index (χ0) is 25.5. The van der Waals surface area contributed by atoms with Gasteiger partial charge in [-0.05, 0) is 44.0 Å². The molecule has 0 fully saturated rings. The third-order valence-electron chi connectivity index (χ3n) is 5.26. The maximum atomic E-state index is 13.1. The highest BCUT2D eigenvalue weighted by atomic mass is 35.5. The molecule has 0 saturated heterocycles. The van der Waals surface area contributed by atoms with Crippen LogP contribution in [0.15, 0.2) is 42.5 Å². The van der Waals surface area contributed by atoms with Gasteiger partial charge >= 0.3 is 0 Å². The summed E-state index contributed by atoms with van der Waals surface area (Å²) in [6.07, 6.45) is -0.640. The molecule has 2 aromatic carbocycles. The molecule has 0 radical (unpaired) electrons. The fraction of sp³-hybridized carbons (Fsp3) is 0.480. The van der Waals surface area contributed by atoms with Crippen molar-refractivity contribution in [2.45, 2.75) is 63.1 Å². The molecule has 2 rings (SSSR count). The van der Waals surface area contributed by atoms with Crippen molar-refractivity contribution >= 4 is 40.1 Å². The van der Waals surface area contributed by atoms with Gasteiger partial charge in [-0.1, -0.05) is 42.5 Å². The third-order valence-corrected chi connectivity index (χ3v) is 5.39. The first-order valence-electron chi connectivity index (χ1n) is 11.2. The largest absolute Gasteiger partial charge is 0.390 e. The van der Waals surface area contributed by atoms with E-state index in [0.29, 0.717) is 0 Å².